The van der Waals surface area contributed by atoms with Crippen LogP contribution in [0.5, 0.6) is 0 Å². The van der Waals surface area contributed by atoms with Crippen LogP contribution in [0.4, 0.5) is 0 Å². The summed E-state index contributed by atoms with van der Waals surface area (Å²) in [6.45, 7) is 5.23. The van der Waals surface area contributed by atoms with E-state index >= 15 is 0 Å². The van der Waals surface area contributed by atoms with Gasteiger partial charge in [-0.3, -0.25) is 0 Å². The predicted molar refractivity (Wildman–Crippen MR) is 157 cm³/mol. The number of thiophene rings is 1. The van der Waals surface area contributed by atoms with Gasteiger partial charge in [0.05, 0.1) is 22.5 Å². The first-order valence-electron chi connectivity index (χ1n) is 13.9. The average Bonchev–Trinajstić information content (AvgIpc) is 3.36. The van der Waals surface area contributed by atoms with E-state index in [2.05, 4.69) is 54.8 Å². The maximum absolute atomic E-state index is 11.9. The Morgan fingerprint density at radius 3 is 2.53 bits per heavy atom. The average molecular weight is 521 g/mol. The molecule has 4 heterocycles. The van der Waals surface area contributed by atoms with Crippen molar-refractivity contribution in [2.24, 2.45) is 0 Å². The molecule has 5 aromatic rings. The maximum atomic E-state index is 11.9. The number of fused-ring (bicyclic) bond motifs is 7. The number of aromatic nitrogens is 2. The second-order valence-corrected chi connectivity index (χ2v) is 12.5. The molecule has 2 aromatic carbocycles. The van der Waals surface area contributed by atoms with Gasteiger partial charge < -0.3 is 9.67 Å². The van der Waals surface area contributed by atoms with Crippen molar-refractivity contribution in [2.75, 3.05) is 0 Å². The summed E-state index contributed by atoms with van der Waals surface area (Å²) in [5.41, 5.74) is 10.2. The molecule has 7 rings (SSSR count). The van der Waals surface area contributed by atoms with Gasteiger partial charge in [0, 0.05) is 43.7 Å². The van der Waals surface area contributed by atoms with E-state index < -0.39 is 5.97 Å². The summed E-state index contributed by atoms with van der Waals surface area (Å²) < 4.78 is 2.43. The van der Waals surface area contributed by atoms with E-state index in [0.717, 1.165) is 36.1 Å². The highest BCUT2D eigenvalue weighted by Gasteiger charge is 2.29. The van der Waals surface area contributed by atoms with E-state index in [1.165, 1.54) is 80.6 Å². The molecule has 0 saturated heterocycles. The quantitative estimate of drug-likeness (QED) is 0.258. The van der Waals surface area contributed by atoms with Gasteiger partial charge in [-0.05, 0) is 86.9 Å². The Labute approximate surface area is 227 Å². The van der Waals surface area contributed by atoms with E-state index in [4.69, 9.17) is 4.98 Å². The zero-order valence-electron chi connectivity index (χ0n) is 22.0. The Morgan fingerprint density at radius 2 is 1.76 bits per heavy atom. The summed E-state index contributed by atoms with van der Waals surface area (Å²) in [7, 11) is 0. The van der Waals surface area contributed by atoms with E-state index in [1.54, 1.807) is 6.07 Å². The van der Waals surface area contributed by atoms with Crippen LogP contribution in [0.15, 0.2) is 48.5 Å². The van der Waals surface area contributed by atoms with Crippen molar-refractivity contribution in [3.8, 4) is 22.5 Å². The molecule has 0 atom stereocenters. The molecule has 1 N–H and O–H groups in total. The molecule has 0 amide bonds. The highest BCUT2D eigenvalue weighted by Crippen LogP contribution is 2.47. The minimum absolute atomic E-state index is 0.367. The molecule has 1 aliphatic heterocycles. The zero-order chi connectivity index (χ0) is 26.0. The molecule has 1 saturated carbocycles. The fourth-order valence-electron chi connectivity index (χ4n) is 7.04. The first kappa shape index (κ1) is 23.7. The summed E-state index contributed by atoms with van der Waals surface area (Å²) in [6, 6.07) is 17.0. The molecule has 3 aromatic heterocycles. The number of aryl methyl sites for hydroxylation is 4. The summed E-state index contributed by atoms with van der Waals surface area (Å²) in [4.78, 5) is 19.6. The van der Waals surface area contributed by atoms with Gasteiger partial charge in [0.1, 0.15) is 0 Å². The van der Waals surface area contributed by atoms with Crippen LogP contribution in [-0.4, -0.2) is 20.6 Å². The summed E-state index contributed by atoms with van der Waals surface area (Å²) >= 11 is 1.83. The van der Waals surface area contributed by atoms with Crippen LogP contribution in [0.2, 0.25) is 0 Å². The second-order valence-electron chi connectivity index (χ2n) is 11.1. The van der Waals surface area contributed by atoms with Crippen LogP contribution in [0.3, 0.4) is 0 Å². The number of benzene rings is 2. The molecule has 0 unspecified atom stereocenters. The number of carboxylic acid groups (broad SMARTS) is 1. The van der Waals surface area contributed by atoms with E-state index in [1.807, 2.05) is 17.4 Å². The normalized spacial score (nSPS) is 15.9. The van der Waals surface area contributed by atoms with Crippen LogP contribution < -0.4 is 0 Å². The summed E-state index contributed by atoms with van der Waals surface area (Å²) in [6.07, 6.45) is 8.28. The number of nitrogens with zero attached hydrogens (tertiary/aromatic N) is 2. The third-order valence-corrected chi connectivity index (χ3v) is 9.69. The van der Waals surface area contributed by atoms with Gasteiger partial charge in [-0.15, -0.1) is 11.3 Å². The fourth-order valence-corrected chi connectivity index (χ4v) is 7.97. The molecule has 0 radical (unpaired) electrons. The molecule has 1 aliphatic carbocycles. The molecule has 4 nitrogen and oxygen atoms in total. The highest BCUT2D eigenvalue weighted by atomic mass is 32.1. The van der Waals surface area contributed by atoms with Gasteiger partial charge >= 0.3 is 5.97 Å². The highest BCUT2D eigenvalue weighted by molar-refractivity contribution is 7.12. The first-order chi connectivity index (χ1) is 18.5. The van der Waals surface area contributed by atoms with E-state index in [9.17, 15) is 9.90 Å². The SMILES string of the molecule is Cc1cc(-c2ccc3c4c(ccc3n2)-c2c(C3CCCCC3)c3ccc(C(=O)O)cc3n2CCC4)c(C)s1. The van der Waals surface area contributed by atoms with E-state index in [-0.39, 0.29) is 0 Å². The molecule has 0 bridgehead atoms. The number of carboxylic acids is 1. The molecular weight excluding hydrogens is 488 g/mol. The standard InChI is InChI=1S/C33H32N2O2S/c1-19-17-27(20(2)38-19)29-14-12-24-23-9-6-16-35-30-18-22(33(36)37)10-11-26(30)31(21-7-4-3-5-8-21)32(35)25(23)13-15-28(24)34-29/h10-15,17-18,21H,3-9,16H2,1-2H3,(H,36,37). The molecular formula is C33H32N2O2S. The lowest BCUT2D eigenvalue weighted by Gasteiger charge is -2.24. The third kappa shape index (κ3) is 3.70. The van der Waals surface area contributed by atoms with Gasteiger partial charge in [0.25, 0.3) is 0 Å². The monoisotopic (exact) mass is 520 g/mol. The zero-order valence-corrected chi connectivity index (χ0v) is 22.8. The Hall–Kier alpha value is -3.44. The molecule has 2 aliphatic rings. The van der Waals surface area contributed by atoms with Crippen molar-refractivity contribution in [3.05, 3.63) is 75.0 Å². The van der Waals surface area contributed by atoms with Crippen LogP contribution in [0.25, 0.3) is 44.3 Å². The first-order valence-corrected chi connectivity index (χ1v) is 14.7. The van der Waals surface area contributed by atoms with Crippen LogP contribution in [0.1, 0.15) is 75.7 Å². The van der Waals surface area contributed by atoms with Crippen molar-refractivity contribution in [1.82, 2.24) is 9.55 Å². The molecule has 192 valence electrons. The maximum Gasteiger partial charge on any atom is 0.335 e. The van der Waals surface area contributed by atoms with Crippen LogP contribution in [0, 0.1) is 13.8 Å². The molecule has 38 heavy (non-hydrogen) atoms. The van der Waals surface area contributed by atoms with Gasteiger partial charge in [0.2, 0.25) is 0 Å². The fraction of sp³-hybridized carbons (Fsp3) is 0.333. The van der Waals surface area contributed by atoms with Crippen molar-refractivity contribution in [2.45, 2.75) is 71.3 Å². The Morgan fingerprint density at radius 1 is 0.947 bits per heavy atom. The Balaban J connectivity index is 1.47. The molecule has 5 heteroatoms. The minimum atomic E-state index is -0.861. The number of aromatic carboxylic acids is 1. The number of hydrogen-bond acceptors (Lipinski definition) is 3. The number of pyridine rings is 1. The number of rotatable bonds is 3. The Bertz CT molecular complexity index is 1740. The van der Waals surface area contributed by atoms with Gasteiger partial charge in [-0.25, -0.2) is 9.78 Å². The number of carbonyl (C=O) groups is 1. The minimum Gasteiger partial charge on any atom is -0.478 e. The summed E-state index contributed by atoms with van der Waals surface area (Å²) in [5.74, 6) is -0.343. The molecule has 1 fully saturated rings. The lowest BCUT2D eigenvalue weighted by atomic mass is 9.81. The predicted octanol–water partition coefficient (Wildman–Crippen LogP) is 8.89. The van der Waals surface area contributed by atoms with Crippen molar-refractivity contribution in [3.63, 3.8) is 0 Å². The van der Waals surface area contributed by atoms with E-state index in [0.29, 0.717) is 11.5 Å². The molecule has 0 spiro atoms. The van der Waals surface area contributed by atoms with Crippen molar-refractivity contribution < 1.29 is 9.90 Å². The van der Waals surface area contributed by atoms with Crippen LogP contribution in [-0.2, 0) is 13.0 Å². The van der Waals surface area contributed by atoms with Crippen LogP contribution >= 0.6 is 11.3 Å². The second kappa shape index (κ2) is 9.09. The number of hydrogen-bond donors (Lipinski definition) is 1. The topological polar surface area (TPSA) is 55.1 Å². The third-order valence-electron chi connectivity index (χ3n) is 8.73. The lowest BCUT2D eigenvalue weighted by Crippen LogP contribution is -2.07. The lowest BCUT2D eigenvalue weighted by molar-refractivity contribution is 0.0697. The van der Waals surface area contributed by atoms with Gasteiger partial charge in [0.15, 0.2) is 0 Å². The van der Waals surface area contributed by atoms with Gasteiger partial charge in [-0.1, -0.05) is 37.5 Å². The smallest absolute Gasteiger partial charge is 0.335 e. The van der Waals surface area contributed by atoms with Gasteiger partial charge in [-0.2, -0.15) is 0 Å². The Kier molecular flexibility index (Phi) is 5.66. The van der Waals surface area contributed by atoms with Crippen molar-refractivity contribution in [1.29, 1.82) is 0 Å². The largest absolute Gasteiger partial charge is 0.478 e. The summed E-state index contributed by atoms with van der Waals surface area (Å²) in [5, 5.41) is 12.2. The van der Waals surface area contributed by atoms with Crippen molar-refractivity contribution >= 4 is 39.1 Å².